The zero-order chi connectivity index (χ0) is 13.4. The molecule has 1 heterocycles. The van der Waals surface area contributed by atoms with E-state index >= 15 is 0 Å². The number of pyridine rings is 1. The first-order valence-corrected chi connectivity index (χ1v) is 6.72. The summed E-state index contributed by atoms with van der Waals surface area (Å²) in [5.41, 5.74) is 1.12. The van der Waals surface area contributed by atoms with Crippen LogP contribution in [-0.4, -0.2) is 24.0 Å². The Morgan fingerprint density at radius 2 is 1.89 bits per heavy atom. The molecule has 1 rings (SSSR count). The van der Waals surface area contributed by atoms with E-state index in [-0.39, 0.29) is 5.91 Å². The van der Waals surface area contributed by atoms with E-state index in [9.17, 15) is 4.79 Å². The Morgan fingerprint density at radius 3 is 2.33 bits per heavy atom. The molecule has 0 radical (unpaired) electrons. The van der Waals surface area contributed by atoms with Crippen LogP contribution in [-0.2, 0) is 4.79 Å². The van der Waals surface area contributed by atoms with Crippen molar-refractivity contribution in [2.75, 3.05) is 23.3 Å². The van der Waals surface area contributed by atoms with Gasteiger partial charge in [-0.05, 0) is 25.0 Å². The molecule has 100 valence electrons. The number of amides is 1. The lowest BCUT2D eigenvalue weighted by Crippen LogP contribution is -2.25. The van der Waals surface area contributed by atoms with Gasteiger partial charge in [-0.25, -0.2) is 4.98 Å². The minimum Gasteiger partial charge on any atom is -0.370 e. The van der Waals surface area contributed by atoms with Crippen LogP contribution in [0.3, 0.4) is 0 Å². The Hall–Kier alpha value is -1.58. The van der Waals surface area contributed by atoms with Gasteiger partial charge in [-0.2, -0.15) is 0 Å². The molecule has 0 aliphatic rings. The summed E-state index contributed by atoms with van der Waals surface area (Å²) < 4.78 is 0. The van der Waals surface area contributed by atoms with Crippen molar-refractivity contribution in [3.63, 3.8) is 0 Å². The van der Waals surface area contributed by atoms with Crippen molar-refractivity contribution in [1.82, 2.24) is 4.98 Å². The lowest BCUT2D eigenvalue weighted by atomic mass is 10.3. The quantitative estimate of drug-likeness (QED) is 0.807. The maximum atomic E-state index is 11.2. The van der Waals surface area contributed by atoms with E-state index in [1.165, 1.54) is 0 Å². The highest BCUT2D eigenvalue weighted by molar-refractivity contribution is 5.89. The Labute approximate surface area is 109 Å². The van der Waals surface area contributed by atoms with E-state index < -0.39 is 0 Å². The average molecular weight is 249 g/mol. The van der Waals surface area contributed by atoms with Gasteiger partial charge in [-0.15, -0.1) is 0 Å². The summed E-state index contributed by atoms with van der Waals surface area (Å²) >= 11 is 0. The molecule has 0 saturated heterocycles. The van der Waals surface area contributed by atoms with Gasteiger partial charge >= 0.3 is 0 Å². The summed E-state index contributed by atoms with van der Waals surface area (Å²) in [6, 6.07) is 3.88. The second-order valence-electron chi connectivity index (χ2n) is 4.29. The second kappa shape index (κ2) is 7.69. The molecule has 1 aromatic heterocycles. The topological polar surface area (TPSA) is 45.2 Å². The first kappa shape index (κ1) is 14.5. The largest absolute Gasteiger partial charge is 0.370 e. The maximum Gasteiger partial charge on any atom is 0.225 e. The molecular formula is C14H23N3O. The van der Waals surface area contributed by atoms with Crippen LogP contribution in [0.5, 0.6) is 0 Å². The van der Waals surface area contributed by atoms with Gasteiger partial charge in [0.2, 0.25) is 5.91 Å². The van der Waals surface area contributed by atoms with Gasteiger partial charge in [0.25, 0.3) is 0 Å². The number of hydrogen-bond acceptors (Lipinski definition) is 3. The summed E-state index contributed by atoms with van der Waals surface area (Å²) in [6.45, 7) is 8.25. The first-order chi connectivity index (χ1) is 8.71. The van der Waals surface area contributed by atoms with Crippen molar-refractivity contribution in [2.24, 2.45) is 0 Å². The third-order valence-electron chi connectivity index (χ3n) is 2.69. The zero-order valence-electron chi connectivity index (χ0n) is 11.6. The number of aromatic nitrogens is 1. The number of carbonyl (C=O) groups is 1. The van der Waals surface area contributed by atoms with Crippen LogP contribution in [0, 0.1) is 0 Å². The summed E-state index contributed by atoms with van der Waals surface area (Å²) in [5, 5.41) is 2.75. The van der Waals surface area contributed by atoms with Crippen LogP contribution in [0.15, 0.2) is 18.3 Å². The molecule has 4 heteroatoms. The standard InChI is InChI=1S/C14H23N3O/c1-4-9-17(10-5-2)12-7-8-13(15-11-12)16-14(18)6-3/h7-8,11H,4-6,9-10H2,1-3H3,(H,15,16,18). The fourth-order valence-electron chi connectivity index (χ4n) is 1.79. The Kier molecular flexibility index (Phi) is 6.19. The van der Waals surface area contributed by atoms with Gasteiger partial charge < -0.3 is 10.2 Å². The van der Waals surface area contributed by atoms with Crippen LogP contribution in [0.4, 0.5) is 11.5 Å². The van der Waals surface area contributed by atoms with Crippen LogP contribution in [0.2, 0.25) is 0 Å². The number of carbonyl (C=O) groups excluding carboxylic acids is 1. The molecule has 0 aliphatic heterocycles. The molecule has 18 heavy (non-hydrogen) atoms. The highest BCUT2D eigenvalue weighted by atomic mass is 16.1. The second-order valence-corrected chi connectivity index (χ2v) is 4.29. The molecule has 0 fully saturated rings. The molecule has 1 N–H and O–H groups in total. The lowest BCUT2D eigenvalue weighted by molar-refractivity contribution is -0.115. The molecule has 4 nitrogen and oxygen atoms in total. The Bertz CT molecular complexity index is 356. The molecule has 0 saturated carbocycles. The summed E-state index contributed by atoms with van der Waals surface area (Å²) in [7, 11) is 0. The van der Waals surface area contributed by atoms with Crippen molar-refractivity contribution >= 4 is 17.4 Å². The fraction of sp³-hybridized carbons (Fsp3) is 0.571. The maximum absolute atomic E-state index is 11.2. The van der Waals surface area contributed by atoms with Gasteiger partial charge in [0.05, 0.1) is 11.9 Å². The molecule has 1 amide bonds. The molecule has 1 aromatic rings. The predicted molar refractivity (Wildman–Crippen MR) is 76.0 cm³/mol. The van der Waals surface area contributed by atoms with E-state index in [4.69, 9.17) is 0 Å². The molecule has 0 unspecified atom stereocenters. The van der Waals surface area contributed by atoms with Gasteiger partial charge in [0.15, 0.2) is 0 Å². The normalized spacial score (nSPS) is 10.2. The third kappa shape index (κ3) is 4.35. The van der Waals surface area contributed by atoms with Gasteiger partial charge in [0.1, 0.15) is 5.82 Å². The molecule has 0 spiro atoms. The lowest BCUT2D eigenvalue weighted by Gasteiger charge is -2.23. The van der Waals surface area contributed by atoms with Crippen molar-refractivity contribution < 1.29 is 4.79 Å². The molecule has 0 atom stereocenters. The van der Waals surface area contributed by atoms with Gasteiger partial charge in [-0.3, -0.25) is 4.79 Å². The highest BCUT2D eigenvalue weighted by Crippen LogP contribution is 2.16. The zero-order valence-corrected chi connectivity index (χ0v) is 11.6. The molecular weight excluding hydrogens is 226 g/mol. The highest BCUT2D eigenvalue weighted by Gasteiger charge is 2.05. The molecule has 0 bridgehead atoms. The summed E-state index contributed by atoms with van der Waals surface area (Å²) in [5.74, 6) is 0.618. The van der Waals surface area contributed by atoms with E-state index in [0.29, 0.717) is 12.2 Å². The predicted octanol–water partition coefficient (Wildman–Crippen LogP) is 3.06. The van der Waals surface area contributed by atoms with Crippen LogP contribution in [0.25, 0.3) is 0 Å². The third-order valence-corrected chi connectivity index (χ3v) is 2.69. The van der Waals surface area contributed by atoms with Crippen molar-refractivity contribution in [1.29, 1.82) is 0 Å². The fourth-order valence-corrected chi connectivity index (χ4v) is 1.79. The number of nitrogens with zero attached hydrogens (tertiary/aromatic N) is 2. The first-order valence-electron chi connectivity index (χ1n) is 6.72. The number of hydrogen-bond donors (Lipinski definition) is 1. The van der Waals surface area contributed by atoms with Crippen LogP contribution < -0.4 is 10.2 Å². The van der Waals surface area contributed by atoms with Crippen LogP contribution >= 0.6 is 0 Å². The Morgan fingerprint density at radius 1 is 1.22 bits per heavy atom. The minimum atomic E-state index is -0.00535. The average Bonchev–Trinajstić information content (AvgIpc) is 2.39. The van der Waals surface area contributed by atoms with Crippen molar-refractivity contribution in [3.05, 3.63) is 18.3 Å². The van der Waals surface area contributed by atoms with E-state index in [0.717, 1.165) is 31.6 Å². The van der Waals surface area contributed by atoms with E-state index in [2.05, 4.69) is 29.0 Å². The van der Waals surface area contributed by atoms with Crippen molar-refractivity contribution in [2.45, 2.75) is 40.0 Å². The summed E-state index contributed by atoms with van der Waals surface area (Å²) in [6.07, 6.45) is 4.54. The van der Waals surface area contributed by atoms with E-state index in [1.807, 2.05) is 25.3 Å². The molecule has 0 aliphatic carbocycles. The smallest absolute Gasteiger partial charge is 0.225 e. The van der Waals surface area contributed by atoms with Gasteiger partial charge in [0, 0.05) is 19.5 Å². The molecule has 0 aromatic carbocycles. The van der Waals surface area contributed by atoms with Gasteiger partial charge in [-0.1, -0.05) is 20.8 Å². The summed E-state index contributed by atoms with van der Waals surface area (Å²) in [4.78, 5) is 17.8. The number of anilines is 2. The number of nitrogens with one attached hydrogen (secondary N) is 1. The number of rotatable bonds is 7. The minimum absolute atomic E-state index is 0.00535. The van der Waals surface area contributed by atoms with Crippen molar-refractivity contribution in [3.8, 4) is 0 Å². The Balaban J connectivity index is 2.70. The van der Waals surface area contributed by atoms with E-state index in [1.54, 1.807) is 0 Å². The monoisotopic (exact) mass is 249 g/mol. The van der Waals surface area contributed by atoms with Crippen LogP contribution in [0.1, 0.15) is 40.0 Å². The SMILES string of the molecule is CCCN(CCC)c1ccc(NC(=O)CC)nc1.